The minimum atomic E-state index is 0.519. The molecule has 1 aromatic rings. The maximum Gasteiger partial charge on any atom is 0.0669 e. The first-order valence-electron chi connectivity index (χ1n) is 6.45. The summed E-state index contributed by atoms with van der Waals surface area (Å²) in [6, 6.07) is 10.6. The van der Waals surface area contributed by atoms with Crippen LogP contribution in [0.5, 0.6) is 0 Å². The van der Waals surface area contributed by atoms with Crippen LogP contribution in [-0.4, -0.2) is 18.0 Å². The fraction of sp³-hybridized carbons (Fsp3) is 0.533. The second kappa shape index (κ2) is 5.84. The van der Waals surface area contributed by atoms with Gasteiger partial charge in [-0.3, -0.25) is 4.90 Å². The maximum atomic E-state index is 8.70. The van der Waals surface area contributed by atoms with Crippen LogP contribution in [0, 0.1) is 17.2 Å². The molecular weight excluding hydrogens is 208 g/mol. The third kappa shape index (κ3) is 3.57. The van der Waals surface area contributed by atoms with Crippen molar-refractivity contribution in [2.75, 3.05) is 13.1 Å². The van der Waals surface area contributed by atoms with Crippen LogP contribution < -0.4 is 0 Å². The van der Waals surface area contributed by atoms with Crippen LogP contribution in [0.15, 0.2) is 24.3 Å². The summed E-state index contributed by atoms with van der Waals surface area (Å²) in [5, 5.41) is 8.70. The van der Waals surface area contributed by atoms with Gasteiger partial charge in [0.05, 0.1) is 12.5 Å². The fourth-order valence-electron chi connectivity index (χ4n) is 2.41. The van der Waals surface area contributed by atoms with E-state index in [9.17, 15) is 0 Å². The highest BCUT2D eigenvalue weighted by Crippen LogP contribution is 2.18. The molecule has 0 saturated carbocycles. The van der Waals surface area contributed by atoms with E-state index >= 15 is 0 Å². The van der Waals surface area contributed by atoms with E-state index in [2.05, 4.69) is 36.1 Å². The van der Waals surface area contributed by atoms with E-state index in [1.165, 1.54) is 31.5 Å². The highest BCUT2D eigenvalue weighted by molar-refractivity contribution is 5.25. The van der Waals surface area contributed by atoms with E-state index in [1.54, 1.807) is 0 Å². The van der Waals surface area contributed by atoms with Crippen LogP contribution in [-0.2, 0) is 13.0 Å². The molecule has 2 nitrogen and oxygen atoms in total. The van der Waals surface area contributed by atoms with Gasteiger partial charge in [0, 0.05) is 6.54 Å². The normalized spacial score (nSPS) is 17.9. The molecule has 0 N–H and O–H groups in total. The summed E-state index contributed by atoms with van der Waals surface area (Å²) < 4.78 is 0. The average molecular weight is 228 g/mol. The van der Waals surface area contributed by atoms with Crippen molar-refractivity contribution in [2.24, 2.45) is 5.92 Å². The molecule has 0 atom stereocenters. The lowest BCUT2D eigenvalue weighted by Gasteiger charge is -2.30. The van der Waals surface area contributed by atoms with Gasteiger partial charge >= 0.3 is 0 Å². The molecule has 90 valence electrons. The van der Waals surface area contributed by atoms with Gasteiger partial charge in [-0.05, 0) is 43.0 Å². The smallest absolute Gasteiger partial charge is 0.0669 e. The molecule has 1 aliphatic rings. The van der Waals surface area contributed by atoms with Gasteiger partial charge < -0.3 is 0 Å². The van der Waals surface area contributed by atoms with E-state index in [0.29, 0.717) is 6.42 Å². The lowest BCUT2D eigenvalue weighted by Crippen LogP contribution is -2.32. The Kier molecular flexibility index (Phi) is 4.17. The first-order chi connectivity index (χ1) is 8.28. The van der Waals surface area contributed by atoms with Gasteiger partial charge in [0.1, 0.15) is 0 Å². The van der Waals surface area contributed by atoms with Gasteiger partial charge in [-0.15, -0.1) is 0 Å². The average Bonchev–Trinajstić information content (AvgIpc) is 2.33. The van der Waals surface area contributed by atoms with Crippen LogP contribution in [0.25, 0.3) is 0 Å². The van der Waals surface area contributed by atoms with Crippen LogP contribution in [0.4, 0.5) is 0 Å². The van der Waals surface area contributed by atoms with Crippen molar-refractivity contribution in [1.82, 2.24) is 4.90 Å². The van der Waals surface area contributed by atoms with Crippen LogP contribution in [0.3, 0.4) is 0 Å². The lowest BCUT2D eigenvalue weighted by atomic mass is 9.98. The molecule has 1 saturated heterocycles. The number of rotatable bonds is 3. The van der Waals surface area contributed by atoms with E-state index in [1.807, 2.05) is 6.07 Å². The Bertz CT molecular complexity index is 398. The number of nitriles is 1. The van der Waals surface area contributed by atoms with Gasteiger partial charge in [-0.2, -0.15) is 5.26 Å². The van der Waals surface area contributed by atoms with Crippen molar-refractivity contribution >= 4 is 0 Å². The minimum Gasteiger partial charge on any atom is -0.299 e. The van der Waals surface area contributed by atoms with Crippen LogP contribution in [0.2, 0.25) is 0 Å². The first-order valence-corrected chi connectivity index (χ1v) is 6.45. The van der Waals surface area contributed by atoms with Gasteiger partial charge in [-0.25, -0.2) is 0 Å². The van der Waals surface area contributed by atoms with Crippen molar-refractivity contribution in [2.45, 2.75) is 32.7 Å². The lowest BCUT2D eigenvalue weighted by molar-refractivity contribution is 0.185. The SMILES string of the molecule is CC1CCN(Cc2cccc(CC#N)c2)CC1. The Morgan fingerprint density at radius 3 is 2.71 bits per heavy atom. The number of nitrogens with zero attached hydrogens (tertiary/aromatic N) is 2. The monoisotopic (exact) mass is 228 g/mol. The van der Waals surface area contributed by atoms with Crippen molar-refractivity contribution in [3.05, 3.63) is 35.4 Å². The number of hydrogen-bond acceptors (Lipinski definition) is 2. The van der Waals surface area contributed by atoms with E-state index in [-0.39, 0.29) is 0 Å². The summed E-state index contributed by atoms with van der Waals surface area (Å²) in [5.41, 5.74) is 2.47. The van der Waals surface area contributed by atoms with E-state index < -0.39 is 0 Å². The predicted molar refractivity (Wildman–Crippen MR) is 69.4 cm³/mol. The molecule has 1 fully saturated rings. The van der Waals surface area contributed by atoms with Crippen molar-refractivity contribution in [3.8, 4) is 6.07 Å². The number of piperidine rings is 1. The Morgan fingerprint density at radius 2 is 2.00 bits per heavy atom. The highest BCUT2D eigenvalue weighted by Gasteiger charge is 2.15. The standard InChI is InChI=1S/C15H20N2/c1-13-6-9-17(10-7-13)12-15-4-2-3-14(11-15)5-8-16/h2-4,11,13H,5-7,9-10,12H2,1H3. The maximum absolute atomic E-state index is 8.70. The third-order valence-corrected chi connectivity index (χ3v) is 3.56. The highest BCUT2D eigenvalue weighted by atomic mass is 15.1. The molecule has 2 rings (SSSR count). The molecule has 0 unspecified atom stereocenters. The van der Waals surface area contributed by atoms with Gasteiger partial charge in [0.25, 0.3) is 0 Å². The van der Waals surface area contributed by atoms with E-state index in [4.69, 9.17) is 5.26 Å². The molecule has 0 bridgehead atoms. The molecule has 17 heavy (non-hydrogen) atoms. The summed E-state index contributed by atoms with van der Waals surface area (Å²) >= 11 is 0. The predicted octanol–water partition coefficient (Wildman–Crippen LogP) is 2.98. The third-order valence-electron chi connectivity index (χ3n) is 3.56. The van der Waals surface area contributed by atoms with E-state index in [0.717, 1.165) is 18.0 Å². The Hall–Kier alpha value is -1.33. The van der Waals surface area contributed by atoms with Crippen molar-refractivity contribution in [3.63, 3.8) is 0 Å². The molecule has 0 aromatic heterocycles. The zero-order valence-electron chi connectivity index (χ0n) is 10.5. The van der Waals surface area contributed by atoms with Gasteiger partial charge in [0.15, 0.2) is 0 Å². The second-order valence-corrected chi connectivity index (χ2v) is 5.11. The topological polar surface area (TPSA) is 27.0 Å². The number of likely N-dealkylation sites (tertiary alicyclic amines) is 1. The molecule has 0 spiro atoms. The summed E-state index contributed by atoms with van der Waals surface area (Å²) in [5.74, 6) is 0.885. The van der Waals surface area contributed by atoms with Crippen molar-refractivity contribution in [1.29, 1.82) is 5.26 Å². The van der Waals surface area contributed by atoms with Crippen molar-refractivity contribution < 1.29 is 0 Å². The molecule has 1 aliphatic heterocycles. The minimum absolute atomic E-state index is 0.519. The first kappa shape index (κ1) is 12.1. The molecule has 0 radical (unpaired) electrons. The zero-order valence-corrected chi connectivity index (χ0v) is 10.5. The second-order valence-electron chi connectivity index (χ2n) is 5.11. The fourth-order valence-corrected chi connectivity index (χ4v) is 2.41. The molecule has 2 heteroatoms. The van der Waals surface area contributed by atoms with Gasteiger partial charge in [0.2, 0.25) is 0 Å². The quantitative estimate of drug-likeness (QED) is 0.795. The molecule has 1 heterocycles. The van der Waals surface area contributed by atoms with Crippen LogP contribution in [0.1, 0.15) is 30.9 Å². The summed E-state index contributed by atoms with van der Waals surface area (Å²) in [6.45, 7) is 5.80. The Morgan fingerprint density at radius 1 is 1.29 bits per heavy atom. The zero-order chi connectivity index (χ0) is 12.1. The summed E-state index contributed by atoms with van der Waals surface area (Å²) in [4.78, 5) is 2.52. The number of benzene rings is 1. The van der Waals surface area contributed by atoms with Crippen LogP contribution >= 0.6 is 0 Å². The van der Waals surface area contributed by atoms with Gasteiger partial charge in [-0.1, -0.05) is 31.2 Å². The molecule has 1 aromatic carbocycles. The summed E-state index contributed by atoms with van der Waals surface area (Å²) in [6.07, 6.45) is 3.15. The Labute approximate surface area is 104 Å². The largest absolute Gasteiger partial charge is 0.299 e. The molecule has 0 aliphatic carbocycles. The Balaban J connectivity index is 1.94. The molecular formula is C15H20N2. The number of hydrogen-bond donors (Lipinski definition) is 0. The summed E-state index contributed by atoms with van der Waals surface area (Å²) in [7, 11) is 0. The molecule has 0 amide bonds.